The van der Waals surface area contributed by atoms with E-state index in [1.807, 2.05) is 36.4 Å². The van der Waals surface area contributed by atoms with Gasteiger partial charge in [-0.3, -0.25) is 0 Å². The Balaban J connectivity index is 2.11. The van der Waals surface area contributed by atoms with Crippen molar-refractivity contribution in [3.63, 3.8) is 0 Å². The minimum atomic E-state index is 0.136. The van der Waals surface area contributed by atoms with Crippen molar-refractivity contribution in [2.45, 2.75) is 59.7 Å². The van der Waals surface area contributed by atoms with Crippen molar-refractivity contribution >= 4 is 23.2 Å². The van der Waals surface area contributed by atoms with Crippen LogP contribution >= 0.6 is 23.2 Å². The maximum atomic E-state index is 6.52. The van der Waals surface area contributed by atoms with Crippen LogP contribution in [0.4, 0.5) is 0 Å². The summed E-state index contributed by atoms with van der Waals surface area (Å²) in [7, 11) is 1.63. The first kappa shape index (κ1) is 22.9. The fourth-order valence-corrected chi connectivity index (χ4v) is 4.11. The summed E-state index contributed by atoms with van der Waals surface area (Å²) in [5.41, 5.74) is 2.43. The fourth-order valence-electron chi connectivity index (χ4n) is 3.63. The molecule has 5 heteroatoms. The molecule has 0 aromatic heterocycles. The van der Waals surface area contributed by atoms with Gasteiger partial charge in [-0.2, -0.15) is 0 Å². The molecule has 0 bridgehead atoms. The zero-order valence-corrected chi connectivity index (χ0v) is 19.2. The standard InChI is InChI=1S/C23H31Cl2NO2/c1-22(2,3)15-23(4,5)26-13-16-11-19(25)21(20(12-16)27-6)28-14-17-9-7-8-10-18(17)24/h7-12,26H,13-15H2,1-6H3/p+1. The van der Waals surface area contributed by atoms with E-state index in [1.54, 1.807) is 7.11 Å². The van der Waals surface area contributed by atoms with Gasteiger partial charge in [0.15, 0.2) is 11.5 Å². The Hall–Kier alpha value is -1.42. The van der Waals surface area contributed by atoms with E-state index in [2.05, 4.69) is 39.9 Å². The molecule has 0 aliphatic carbocycles. The van der Waals surface area contributed by atoms with Crippen molar-refractivity contribution in [2.24, 2.45) is 5.41 Å². The van der Waals surface area contributed by atoms with Crippen LogP contribution in [-0.2, 0) is 13.2 Å². The van der Waals surface area contributed by atoms with Crippen molar-refractivity contribution in [1.82, 2.24) is 0 Å². The number of hydrogen-bond acceptors (Lipinski definition) is 2. The molecular formula is C23H32Cl2NO2+. The summed E-state index contributed by atoms with van der Waals surface area (Å²) in [5, 5.41) is 3.57. The van der Waals surface area contributed by atoms with Gasteiger partial charge in [-0.1, -0.05) is 62.2 Å². The highest BCUT2D eigenvalue weighted by Gasteiger charge is 2.28. The molecule has 0 saturated carbocycles. The monoisotopic (exact) mass is 424 g/mol. The third-order valence-corrected chi connectivity index (χ3v) is 5.14. The first-order valence-electron chi connectivity index (χ1n) is 9.58. The summed E-state index contributed by atoms with van der Waals surface area (Å²) in [6.07, 6.45) is 1.11. The molecule has 2 aromatic carbocycles. The number of halogens is 2. The molecule has 3 nitrogen and oxygen atoms in total. The van der Waals surface area contributed by atoms with Crippen LogP contribution in [0.3, 0.4) is 0 Å². The lowest BCUT2D eigenvalue weighted by molar-refractivity contribution is -0.737. The average Bonchev–Trinajstić information content (AvgIpc) is 2.58. The summed E-state index contributed by atoms with van der Waals surface area (Å²) in [5.74, 6) is 1.18. The topological polar surface area (TPSA) is 35.1 Å². The molecule has 0 aliphatic rings. The smallest absolute Gasteiger partial charge is 0.180 e. The molecule has 2 rings (SSSR count). The lowest BCUT2D eigenvalue weighted by Gasteiger charge is -2.30. The molecule has 0 saturated heterocycles. The van der Waals surface area contributed by atoms with Crippen LogP contribution in [0.25, 0.3) is 0 Å². The van der Waals surface area contributed by atoms with Crippen LogP contribution in [0.2, 0.25) is 10.0 Å². The number of benzene rings is 2. The SMILES string of the molecule is COc1cc(C[NH2+]C(C)(C)CC(C)(C)C)cc(Cl)c1OCc1ccccc1Cl. The maximum Gasteiger partial charge on any atom is 0.180 e. The second-order valence-electron chi connectivity index (χ2n) is 9.12. The summed E-state index contributed by atoms with van der Waals surface area (Å²) in [4.78, 5) is 0. The van der Waals surface area contributed by atoms with Gasteiger partial charge in [0, 0.05) is 22.6 Å². The number of rotatable bonds is 8. The average molecular weight is 425 g/mol. The van der Waals surface area contributed by atoms with Gasteiger partial charge in [-0.25, -0.2) is 0 Å². The van der Waals surface area contributed by atoms with Crippen molar-refractivity contribution in [1.29, 1.82) is 0 Å². The van der Waals surface area contributed by atoms with E-state index < -0.39 is 0 Å². The summed E-state index contributed by atoms with van der Waals surface area (Å²) in [6.45, 7) is 12.5. The Labute approximate surface area is 179 Å². The minimum absolute atomic E-state index is 0.136. The minimum Gasteiger partial charge on any atom is -0.493 e. The molecule has 154 valence electrons. The summed E-state index contributed by atoms with van der Waals surface area (Å²) < 4.78 is 11.5. The molecule has 0 heterocycles. The maximum absolute atomic E-state index is 6.52. The predicted octanol–water partition coefficient (Wildman–Crippen LogP) is 5.86. The Morgan fingerprint density at radius 2 is 1.64 bits per heavy atom. The van der Waals surface area contributed by atoms with Gasteiger partial charge < -0.3 is 14.8 Å². The predicted molar refractivity (Wildman–Crippen MR) is 118 cm³/mol. The number of quaternary nitrogens is 1. The molecule has 0 unspecified atom stereocenters. The van der Waals surface area contributed by atoms with Crippen molar-refractivity contribution < 1.29 is 14.8 Å². The molecular weight excluding hydrogens is 393 g/mol. The Morgan fingerprint density at radius 1 is 0.964 bits per heavy atom. The molecule has 2 aromatic rings. The molecule has 0 fully saturated rings. The molecule has 0 aliphatic heterocycles. The highest BCUT2D eigenvalue weighted by Crippen LogP contribution is 2.37. The van der Waals surface area contributed by atoms with Gasteiger partial charge in [-0.15, -0.1) is 0 Å². The highest BCUT2D eigenvalue weighted by molar-refractivity contribution is 6.32. The first-order valence-corrected chi connectivity index (χ1v) is 10.3. The van der Waals surface area contributed by atoms with Crippen LogP contribution in [0.1, 0.15) is 52.2 Å². The van der Waals surface area contributed by atoms with Crippen molar-refractivity contribution in [3.05, 3.63) is 57.6 Å². The van der Waals surface area contributed by atoms with Gasteiger partial charge >= 0.3 is 0 Å². The van der Waals surface area contributed by atoms with Gasteiger partial charge in [0.05, 0.1) is 17.7 Å². The number of nitrogens with two attached hydrogens (primary N) is 1. The zero-order valence-electron chi connectivity index (χ0n) is 17.7. The second-order valence-corrected chi connectivity index (χ2v) is 9.94. The largest absolute Gasteiger partial charge is 0.493 e. The molecule has 28 heavy (non-hydrogen) atoms. The van der Waals surface area contributed by atoms with Gasteiger partial charge in [-0.05, 0) is 37.5 Å². The molecule has 2 N–H and O–H groups in total. The summed E-state index contributed by atoms with van der Waals surface area (Å²) >= 11 is 12.7. The quantitative estimate of drug-likeness (QED) is 0.575. The van der Waals surface area contributed by atoms with E-state index >= 15 is 0 Å². The van der Waals surface area contributed by atoms with E-state index in [0.29, 0.717) is 28.2 Å². The second kappa shape index (κ2) is 9.39. The van der Waals surface area contributed by atoms with Gasteiger partial charge in [0.1, 0.15) is 13.2 Å². The van der Waals surface area contributed by atoms with E-state index in [1.165, 1.54) is 0 Å². The summed E-state index contributed by atoms with van der Waals surface area (Å²) in [6, 6.07) is 11.6. The highest BCUT2D eigenvalue weighted by atomic mass is 35.5. The normalized spacial score (nSPS) is 12.1. The van der Waals surface area contributed by atoms with E-state index in [4.69, 9.17) is 32.7 Å². The van der Waals surface area contributed by atoms with Crippen LogP contribution in [0.5, 0.6) is 11.5 Å². The van der Waals surface area contributed by atoms with Gasteiger partial charge in [0.2, 0.25) is 0 Å². The van der Waals surface area contributed by atoms with Crippen LogP contribution in [0.15, 0.2) is 36.4 Å². The Kier molecular flexibility index (Phi) is 7.66. The Bertz CT molecular complexity index is 798. The molecule has 0 amide bonds. The van der Waals surface area contributed by atoms with Crippen LogP contribution < -0.4 is 14.8 Å². The lowest BCUT2D eigenvalue weighted by atomic mass is 9.82. The van der Waals surface area contributed by atoms with Crippen molar-refractivity contribution in [2.75, 3.05) is 7.11 Å². The lowest BCUT2D eigenvalue weighted by Crippen LogP contribution is -2.94. The first-order chi connectivity index (χ1) is 13.0. The third kappa shape index (κ3) is 6.88. The number of ether oxygens (including phenoxy) is 2. The Morgan fingerprint density at radius 3 is 2.25 bits per heavy atom. The molecule has 0 spiro atoms. The van der Waals surface area contributed by atoms with Crippen LogP contribution in [0, 0.1) is 5.41 Å². The number of methoxy groups -OCH3 is 1. The number of hydrogen-bond donors (Lipinski definition) is 1. The van der Waals surface area contributed by atoms with E-state index in [-0.39, 0.29) is 11.0 Å². The van der Waals surface area contributed by atoms with Crippen molar-refractivity contribution in [3.8, 4) is 11.5 Å². The fraction of sp³-hybridized carbons (Fsp3) is 0.478. The van der Waals surface area contributed by atoms with E-state index in [9.17, 15) is 0 Å². The zero-order chi connectivity index (χ0) is 20.9. The molecule has 0 atom stereocenters. The van der Waals surface area contributed by atoms with Crippen LogP contribution in [-0.4, -0.2) is 12.6 Å². The van der Waals surface area contributed by atoms with Gasteiger partial charge in [0.25, 0.3) is 0 Å². The van der Waals surface area contributed by atoms with E-state index in [0.717, 1.165) is 24.1 Å². The molecule has 0 radical (unpaired) electrons. The third-order valence-electron chi connectivity index (χ3n) is 4.50.